The van der Waals surface area contributed by atoms with Crippen molar-refractivity contribution in [1.29, 1.82) is 0 Å². The zero-order valence-corrected chi connectivity index (χ0v) is 11.9. The number of amides is 1. The van der Waals surface area contributed by atoms with E-state index in [1.807, 2.05) is 31.3 Å². The molecule has 0 bridgehead atoms. The second kappa shape index (κ2) is 6.60. The Morgan fingerprint density at radius 1 is 1.32 bits per heavy atom. The van der Waals surface area contributed by atoms with E-state index < -0.39 is 0 Å². The molecule has 1 aliphatic carbocycles. The van der Waals surface area contributed by atoms with Gasteiger partial charge in [-0.2, -0.15) is 0 Å². The molecule has 1 amide bonds. The Hall–Kier alpha value is -1.51. The van der Waals surface area contributed by atoms with Crippen LogP contribution in [0.25, 0.3) is 0 Å². The highest BCUT2D eigenvalue weighted by atomic mass is 16.1. The number of nitrogens with one attached hydrogen (secondary N) is 2. The van der Waals surface area contributed by atoms with Crippen LogP contribution in [-0.4, -0.2) is 19.0 Å². The number of para-hydroxylation sites is 1. The Bertz CT molecular complexity index is 431. The lowest BCUT2D eigenvalue weighted by Gasteiger charge is -2.29. The number of carbonyl (C=O) groups excluding carboxylic acids is 1. The van der Waals surface area contributed by atoms with Gasteiger partial charge in [0.05, 0.1) is 5.56 Å². The third-order valence-corrected chi connectivity index (χ3v) is 4.14. The normalized spacial score (nSPS) is 22.8. The first-order chi connectivity index (χ1) is 9.24. The second-order valence-electron chi connectivity index (χ2n) is 5.41. The van der Waals surface area contributed by atoms with Crippen LogP contribution in [0.2, 0.25) is 0 Å². The maximum absolute atomic E-state index is 12.3. The van der Waals surface area contributed by atoms with Gasteiger partial charge in [-0.3, -0.25) is 4.79 Å². The van der Waals surface area contributed by atoms with Gasteiger partial charge in [0, 0.05) is 18.8 Å². The van der Waals surface area contributed by atoms with Gasteiger partial charge in [0.1, 0.15) is 0 Å². The van der Waals surface area contributed by atoms with Crippen LogP contribution >= 0.6 is 0 Å². The summed E-state index contributed by atoms with van der Waals surface area (Å²) in [6.07, 6.45) is 6.01. The highest BCUT2D eigenvalue weighted by Crippen LogP contribution is 2.27. The number of anilines is 1. The van der Waals surface area contributed by atoms with E-state index >= 15 is 0 Å². The maximum Gasteiger partial charge on any atom is 0.253 e. The fourth-order valence-corrected chi connectivity index (χ4v) is 2.96. The number of hydrogen-bond acceptors (Lipinski definition) is 2. The predicted octanol–water partition coefficient (Wildman–Crippen LogP) is 3.43. The molecular weight excluding hydrogens is 236 g/mol. The topological polar surface area (TPSA) is 41.1 Å². The number of benzene rings is 1. The van der Waals surface area contributed by atoms with Crippen molar-refractivity contribution in [3.8, 4) is 0 Å². The summed E-state index contributed by atoms with van der Waals surface area (Å²) in [6, 6.07) is 8.00. The van der Waals surface area contributed by atoms with E-state index in [1.54, 1.807) is 0 Å². The predicted molar refractivity (Wildman–Crippen MR) is 79.5 cm³/mol. The molecule has 19 heavy (non-hydrogen) atoms. The van der Waals surface area contributed by atoms with Gasteiger partial charge in [-0.1, -0.05) is 38.3 Å². The fourth-order valence-electron chi connectivity index (χ4n) is 2.96. The SMILES string of the molecule is CCC1CCCC(NC(=O)c2ccccc2NC)C1. The van der Waals surface area contributed by atoms with Crippen LogP contribution in [0.1, 0.15) is 49.4 Å². The summed E-state index contributed by atoms with van der Waals surface area (Å²) in [5.41, 5.74) is 1.63. The Labute approximate surface area is 115 Å². The summed E-state index contributed by atoms with van der Waals surface area (Å²) < 4.78 is 0. The minimum Gasteiger partial charge on any atom is -0.387 e. The first-order valence-corrected chi connectivity index (χ1v) is 7.32. The van der Waals surface area contributed by atoms with E-state index in [1.165, 1.54) is 19.3 Å². The van der Waals surface area contributed by atoms with E-state index in [9.17, 15) is 4.79 Å². The molecule has 104 valence electrons. The van der Waals surface area contributed by atoms with Crippen LogP contribution in [0.5, 0.6) is 0 Å². The van der Waals surface area contributed by atoms with Gasteiger partial charge in [-0.05, 0) is 30.9 Å². The van der Waals surface area contributed by atoms with Gasteiger partial charge in [-0.25, -0.2) is 0 Å². The Morgan fingerprint density at radius 2 is 2.11 bits per heavy atom. The molecule has 1 aromatic carbocycles. The third kappa shape index (κ3) is 3.49. The lowest BCUT2D eigenvalue weighted by Crippen LogP contribution is -2.38. The molecule has 1 saturated carbocycles. The lowest BCUT2D eigenvalue weighted by atomic mass is 9.84. The fraction of sp³-hybridized carbons (Fsp3) is 0.562. The van der Waals surface area contributed by atoms with Gasteiger partial charge in [0.15, 0.2) is 0 Å². The molecule has 2 rings (SSSR count). The average molecular weight is 260 g/mol. The minimum absolute atomic E-state index is 0.0479. The summed E-state index contributed by atoms with van der Waals surface area (Å²) in [7, 11) is 1.85. The third-order valence-electron chi connectivity index (χ3n) is 4.14. The zero-order chi connectivity index (χ0) is 13.7. The van der Waals surface area contributed by atoms with Crippen LogP contribution in [0.3, 0.4) is 0 Å². The molecule has 0 radical (unpaired) electrons. The Morgan fingerprint density at radius 3 is 2.84 bits per heavy atom. The lowest BCUT2D eigenvalue weighted by molar-refractivity contribution is 0.0920. The number of hydrogen-bond donors (Lipinski definition) is 2. The minimum atomic E-state index is 0.0479. The zero-order valence-electron chi connectivity index (χ0n) is 11.9. The molecule has 1 fully saturated rings. The van der Waals surface area contributed by atoms with E-state index in [2.05, 4.69) is 17.6 Å². The van der Waals surface area contributed by atoms with Crippen molar-refractivity contribution in [3.05, 3.63) is 29.8 Å². The molecule has 2 atom stereocenters. The quantitative estimate of drug-likeness (QED) is 0.871. The summed E-state index contributed by atoms with van der Waals surface area (Å²) in [4.78, 5) is 12.3. The Kier molecular flexibility index (Phi) is 4.83. The number of rotatable bonds is 4. The van der Waals surface area contributed by atoms with Gasteiger partial charge in [0.2, 0.25) is 0 Å². The smallest absolute Gasteiger partial charge is 0.253 e. The molecule has 0 spiro atoms. The van der Waals surface area contributed by atoms with Crippen molar-refractivity contribution in [3.63, 3.8) is 0 Å². The van der Waals surface area contributed by atoms with E-state index in [-0.39, 0.29) is 5.91 Å². The van der Waals surface area contributed by atoms with E-state index in [0.29, 0.717) is 6.04 Å². The van der Waals surface area contributed by atoms with Crippen LogP contribution in [0.4, 0.5) is 5.69 Å². The number of carbonyl (C=O) groups is 1. The molecule has 0 aromatic heterocycles. The van der Waals surface area contributed by atoms with Crippen molar-refractivity contribution in [2.75, 3.05) is 12.4 Å². The highest BCUT2D eigenvalue weighted by Gasteiger charge is 2.23. The van der Waals surface area contributed by atoms with Crippen molar-refractivity contribution in [1.82, 2.24) is 5.32 Å². The van der Waals surface area contributed by atoms with Crippen LogP contribution in [0, 0.1) is 5.92 Å². The van der Waals surface area contributed by atoms with Crippen molar-refractivity contribution < 1.29 is 4.79 Å². The first kappa shape index (κ1) is 13.9. The molecule has 0 saturated heterocycles. The monoisotopic (exact) mass is 260 g/mol. The molecule has 2 N–H and O–H groups in total. The van der Waals surface area contributed by atoms with E-state index in [4.69, 9.17) is 0 Å². The van der Waals surface area contributed by atoms with Crippen molar-refractivity contribution in [2.45, 2.75) is 45.1 Å². The molecule has 3 nitrogen and oxygen atoms in total. The van der Waals surface area contributed by atoms with Crippen molar-refractivity contribution in [2.24, 2.45) is 5.92 Å². The standard InChI is InChI=1S/C16H24N2O/c1-3-12-7-6-8-13(11-12)18-16(19)14-9-4-5-10-15(14)17-2/h4-5,9-10,12-13,17H,3,6-8,11H2,1-2H3,(H,18,19). The van der Waals surface area contributed by atoms with Crippen molar-refractivity contribution >= 4 is 11.6 Å². The average Bonchev–Trinajstić information content (AvgIpc) is 2.47. The van der Waals surface area contributed by atoms with Crippen LogP contribution < -0.4 is 10.6 Å². The summed E-state index contributed by atoms with van der Waals surface area (Å²) in [6.45, 7) is 2.24. The summed E-state index contributed by atoms with van der Waals surface area (Å²) in [5, 5.41) is 6.27. The molecule has 0 heterocycles. The maximum atomic E-state index is 12.3. The Balaban J connectivity index is 2.00. The first-order valence-electron chi connectivity index (χ1n) is 7.32. The summed E-state index contributed by atoms with van der Waals surface area (Å²) in [5.74, 6) is 0.824. The molecule has 2 unspecified atom stereocenters. The molecule has 1 aromatic rings. The molecule has 3 heteroatoms. The van der Waals surface area contributed by atoms with E-state index in [0.717, 1.165) is 30.0 Å². The van der Waals surface area contributed by atoms with Crippen LogP contribution in [-0.2, 0) is 0 Å². The summed E-state index contributed by atoms with van der Waals surface area (Å²) >= 11 is 0. The highest BCUT2D eigenvalue weighted by molar-refractivity contribution is 5.99. The van der Waals surface area contributed by atoms with Crippen LogP contribution in [0.15, 0.2) is 24.3 Å². The largest absolute Gasteiger partial charge is 0.387 e. The molecule has 0 aliphatic heterocycles. The van der Waals surface area contributed by atoms with Gasteiger partial charge in [0.25, 0.3) is 5.91 Å². The van der Waals surface area contributed by atoms with Gasteiger partial charge >= 0.3 is 0 Å². The molecular formula is C16H24N2O. The second-order valence-corrected chi connectivity index (χ2v) is 5.41. The molecule has 1 aliphatic rings. The van der Waals surface area contributed by atoms with Gasteiger partial charge in [-0.15, -0.1) is 0 Å². The van der Waals surface area contributed by atoms with Gasteiger partial charge < -0.3 is 10.6 Å².